The zero-order valence-electron chi connectivity index (χ0n) is 13.5. The summed E-state index contributed by atoms with van der Waals surface area (Å²) in [6, 6.07) is 6.19. The Labute approximate surface area is 142 Å². The Bertz CT molecular complexity index is 678. The van der Waals surface area contributed by atoms with E-state index >= 15 is 0 Å². The maximum atomic E-state index is 12.6. The van der Waals surface area contributed by atoms with Crippen molar-refractivity contribution in [3.05, 3.63) is 29.8 Å². The minimum atomic E-state index is -3.60. The van der Waals surface area contributed by atoms with Crippen molar-refractivity contribution in [1.82, 2.24) is 15.2 Å². The SMILES string of the molecule is O=C(c1cccc(S(=O)(=O)NC2CCCC2)c1)N1CCOCCN1. The molecule has 0 aromatic heterocycles. The summed E-state index contributed by atoms with van der Waals surface area (Å²) < 4.78 is 33.1. The number of hydrazine groups is 1. The van der Waals surface area contributed by atoms with Crippen molar-refractivity contribution < 1.29 is 17.9 Å². The third kappa shape index (κ3) is 4.13. The normalized spacial score (nSPS) is 20.1. The van der Waals surface area contributed by atoms with E-state index in [1.165, 1.54) is 17.1 Å². The van der Waals surface area contributed by atoms with E-state index in [-0.39, 0.29) is 16.8 Å². The maximum Gasteiger partial charge on any atom is 0.268 e. The highest BCUT2D eigenvalue weighted by atomic mass is 32.2. The number of rotatable bonds is 4. The van der Waals surface area contributed by atoms with E-state index in [1.54, 1.807) is 12.1 Å². The standard InChI is InChI=1S/C16H23N3O4S/c20-16(19-9-11-23-10-8-17-19)13-4-3-7-15(12-13)24(21,22)18-14-5-1-2-6-14/h3-4,7,12,14,17-18H,1-2,5-6,8-11H2. The van der Waals surface area contributed by atoms with Crippen molar-refractivity contribution in [3.63, 3.8) is 0 Å². The Kier molecular flexibility index (Phi) is 5.50. The fraction of sp³-hybridized carbons (Fsp3) is 0.562. The van der Waals surface area contributed by atoms with Crippen LogP contribution in [0, 0.1) is 0 Å². The number of carbonyl (C=O) groups is 1. The molecule has 1 aromatic rings. The summed E-state index contributed by atoms with van der Waals surface area (Å²) in [6.45, 7) is 1.98. The van der Waals surface area contributed by atoms with Crippen LogP contribution in [0.5, 0.6) is 0 Å². The molecule has 0 atom stereocenters. The first-order valence-electron chi connectivity index (χ1n) is 8.32. The second-order valence-corrected chi connectivity index (χ2v) is 7.82. The van der Waals surface area contributed by atoms with Gasteiger partial charge in [0.15, 0.2) is 0 Å². The lowest BCUT2D eigenvalue weighted by molar-refractivity contribution is 0.0660. The molecule has 0 bridgehead atoms. The molecule has 7 nitrogen and oxygen atoms in total. The van der Waals surface area contributed by atoms with E-state index in [2.05, 4.69) is 10.1 Å². The largest absolute Gasteiger partial charge is 0.378 e. The van der Waals surface area contributed by atoms with Crippen LogP contribution < -0.4 is 10.1 Å². The number of nitrogens with one attached hydrogen (secondary N) is 2. The molecule has 3 rings (SSSR count). The predicted molar refractivity (Wildman–Crippen MR) is 88.9 cm³/mol. The lowest BCUT2D eigenvalue weighted by Crippen LogP contribution is -2.43. The molecule has 0 unspecified atom stereocenters. The quantitative estimate of drug-likeness (QED) is 0.839. The first-order chi connectivity index (χ1) is 11.6. The van der Waals surface area contributed by atoms with E-state index < -0.39 is 10.0 Å². The summed E-state index contributed by atoms with van der Waals surface area (Å²) in [5, 5.41) is 1.48. The smallest absolute Gasteiger partial charge is 0.268 e. The van der Waals surface area contributed by atoms with Gasteiger partial charge in [-0.1, -0.05) is 18.9 Å². The molecule has 2 fully saturated rings. The van der Waals surface area contributed by atoms with E-state index in [9.17, 15) is 13.2 Å². The van der Waals surface area contributed by atoms with Crippen molar-refractivity contribution in [3.8, 4) is 0 Å². The molecule has 1 aromatic carbocycles. The van der Waals surface area contributed by atoms with Crippen LogP contribution in [0.1, 0.15) is 36.0 Å². The molecule has 1 aliphatic heterocycles. The third-order valence-corrected chi connectivity index (χ3v) is 5.84. The second-order valence-electron chi connectivity index (χ2n) is 6.11. The number of sulfonamides is 1. The van der Waals surface area contributed by atoms with Crippen LogP contribution in [0.3, 0.4) is 0 Å². The van der Waals surface area contributed by atoms with Crippen molar-refractivity contribution in [2.75, 3.05) is 26.3 Å². The molecule has 2 aliphatic rings. The lowest BCUT2D eigenvalue weighted by atomic mass is 10.2. The first-order valence-corrected chi connectivity index (χ1v) is 9.80. The number of nitrogens with zero attached hydrogens (tertiary/aromatic N) is 1. The third-order valence-electron chi connectivity index (χ3n) is 4.32. The van der Waals surface area contributed by atoms with Gasteiger partial charge in [0, 0.05) is 18.2 Å². The van der Waals surface area contributed by atoms with Gasteiger partial charge in [-0.3, -0.25) is 9.80 Å². The van der Waals surface area contributed by atoms with Crippen LogP contribution in [-0.2, 0) is 14.8 Å². The molecular formula is C16H23N3O4S. The van der Waals surface area contributed by atoms with Crippen LogP contribution in [0.4, 0.5) is 0 Å². The molecule has 1 amide bonds. The van der Waals surface area contributed by atoms with Gasteiger partial charge in [-0.2, -0.15) is 0 Å². The summed E-state index contributed by atoms with van der Waals surface area (Å²) >= 11 is 0. The number of carbonyl (C=O) groups excluding carboxylic acids is 1. The maximum absolute atomic E-state index is 12.6. The van der Waals surface area contributed by atoms with Crippen molar-refractivity contribution in [2.45, 2.75) is 36.6 Å². The number of amides is 1. The van der Waals surface area contributed by atoms with Crippen LogP contribution >= 0.6 is 0 Å². The van der Waals surface area contributed by atoms with E-state index in [4.69, 9.17) is 4.74 Å². The average Bonchev–Trinajstić information content (AvgIpc) is 2.93. The second kappa shape index (κ2) is 7.60. The van der Waals surface area contributed by atoms with Crippen molar-refractivity contribution >= 4 is 15.9 Å². The summed E-state index contributed by atoms with van der Waals surface area (Å²) in [6.07, 6.45) is 3.84. The zero-order valence-corrected chi connectivity index (χ0v) is 14.3. The van der Waals surface area contributed by atoms with Gasteiger partial charge >= 0.3 is 0 Å². The number of hydrogen-bond donors (Lipinski definition) is 2. The van der Waals surface area contributed by atoms with Crippen LogP contribution in [0.15, 0.2) is 29.2 Å². The summed E-state index contributed by atoms with van der Waals surface area (Å²) in [5.41, 5.74) is 3.34. The van der Waals surface area contributed by atoms with Gasteiger partial charge in [-0.15, -0.1) is 0 Å². The van der Waals surface area contributed by atoms with Gasteiger partial charge in [-0.25, -0.2) is 18.6 Å². The van der Waals surface area contributed by atoms with Gasteiger partial charge in [0.05, 0.1) is 24.7 Å². The van der Waals surface area contributed by atoms with Gasteiger partial charge in [0.25, 0.3) is 5.91 Å². The Morgan fingerprint density at radius 2 is 2.04 bits per heavy atom. The molecule has 24 heavy (non-hydrogen) atoms. The number of hydrogen-bond acceptors (Lipinski definition) is 5. The molecule has 1 heterocycles. The number of benzene rings is 1. The molecule has 1 aliphatic carbocycles. The summed E-state index contributed by atoms with van der Waals surface area (Å²) in [5.74, 6) is -0.251. The first kappa shape index (κ1) is 17.3. The van der Waals surface area contributed by atoms with Gasteiger partial charge in [0.1, 0.15) is 0 Å². The summed E-state index contributed by atoms with van der Waals surface area (Å²) in [7, 11) is -3.60. The van der Waals surface area contributed by atoms with Crippen molar-refractivity contribution in [1.29, 1.82) is 0 Å². The Hall–Kier alpha value is -1.48. The number of ether oxygens (including phenoxy) is 1. The van der Waals surface area contributed by atoms with E-state index in [1.807, 2.05) is 0 Å². The van der Waals surface area contributed by atoms with Crippen molar-refractivity contribution in [2.24, 2.45) is 0 Å². The van der Waals surface area contributed by atoms with Crippen LogP contribution in [-0.4, -0.2) is 51.7 Å². The Balaban J connectivity index is 1.76. The Morgan fingerprint density at radius 3 is 2.83 bits per heavy atom. The zero-order chi connectivity index (χ0) is 17.0. The molecular weight excluding hydrogens is 330 g/mol. The van der Waals surface area contributed by atoms with Gasteiger partial charge in [0.2, 0.25) is 10.0 Å². The van der Waals surface area contributed by atoms with E-state index in [0.717, 1.165) is 25.7 Å². The minimum absolute atomic E-state index is 0.00113. The molecule has 0 radical (unpaired) electrons. The molecule has 2 N–H and O–H groups in total. The highest BCUT2D eigenvalue weighted by molar-refractivity contribution is 7.89. The monoisotopic (exact) mass is 353 g/mol. The Morgan fingerprint density at radius 1 is 1.25 bits per heavy atom. The topological polar surface area (TPSA) is 87.7 Å². The van der Waals surface area contributed by atoms with Crippen LogP contribution in [0.25, 0.3) is 0 Å². The van der Waals surface area contributed by atoms with Crippen LogP contribution in [0.2, 0.25) is 0 Å². The minimum Gasteiger partial charge on any atom is -0.378 e. The van der Waals surface area contributed by atoms with Gasteiger partial charge in [-0.05, 0) is 31.0 Å². The lowest BCUT2D eigenvalue weighted by Gasteiger charge is -2.20. The fourth-order valence-corrected chi connectivity index (χ4v) is 4.40. The highest BCUT2D eigenvalue weighted by Crippen LogP contribution is 2.21. The summed E-state index contributed by atoms with van der Waals surface area (Å²) in [4.78, 5) is 12.7. The predicted octanol–water partition coefficient (Wildman–Crippen LogP) is 0.885. The fourth-order valence-electron chi connectivity index (χ4n) is 3.05. The molecule has 0 spiro atoms. The van der Waals surface area contributed by atoms with E-state index in [0.29, 0.717) is 31.9 Å². The molecule has 132 valence electrons. The highest BCUT2D eigenvalue weighted by Gasteiger charge is 2.24. The molecule has 1 saturated heterocycles. The molecule has 8 heteroatoms. The molecule has 1 saturated carbocycles. The van der Waals surface area contributed by atoms with Gasteiger partial charge < -0.3 is 4.74 Å². The average molecular weight is 353 g/mol.